The molecule has 1 saturated heterocycles. The standard InChI is InChI=1S/C16H18ClN3O3S/c17-14-4-1-2-5-15(14)24(22,23)20-9-3-8-19(10-11-20)16(21)13-6-7-18-12-13/h1-2,4-7,12,18H,3,8-11H2. The Hall–Kier alpha value is -1.83. The zero-order valence-corrected chi connectivity index (χ0v) is 14.6. The molecule has 0 atom stereocenters. The van der Waals surface area contributed by atoms with Gasteiger partial charge in [-0.1, -0.05) is 23.7 Å². The number of halogens is 1. The molecule has 1 aromatic carbocycles. The van der Waals surface area contributed by atoms with E-state index in [9.17, 15) is 13.2 Å². The molecule has 1 N–H and O–H groups in total. The zero-order valence-electron chi connectivity index (χ0n) is 13.0. The van der Waals surface area contributed by atoms with Crippen molar-refractivity contribution in [2.75, 3.05) is 26.2 Å². The predicted molar refractivity (Wildman–Crippen MR) is 91.5 cm³/mol. The van der Waals surface area contributed by atoms with Gasteiger partial charge in [-0.15, -0.1) is 0 Å². The van der Waals surface area contributed by atoms with Gasteiger partial charge in [0.15, 0.2) is 0 Å². The number of hydrogen-bond acceptors (Lipinski definition) is 3. The predicted octanol–water partition coefficient (Wildman–Crippen LogP) is 2.20. The fourth-order valence-electron chi connectivity index (χ4n) is 2.77. The second kappa shape index (κ2) is 6.96. The molecule has 1 fully saturated rings. The SMILES string of the molecule is O=C(c1cc[nH]c1)N1CCCN(S(=O)(=O)c2ccccc2Cl)CC1. The highest BCUT2D eigenvalue weighted by Gasteiger charge is 2.29. The Morgan fingerprint density at radius 3 is 2.58 bits per heavy atom. The first-order valence-corrected chi connectivity index (χ1v) is 9.49. The lowest BCUT2D eigenvalue weighted by atomic mass is 10.3. The normalized spacial score (nSPS) is 16.8. The van der Waals surface area contributed by atoms with Gasteiger partial charge < -0.3 is 9.88 Å². The molecule has 8 heteroatoms. The summed E-state index contributed by atoms with van der Waals surface area (Å²) in [6.45, 7) is 1.50. The first kappa shape index (κ1) is 17.0. The molecule has 1 aliphatic heterocycles. The number of aromatic nitrogens is 1. The fraction of sp³-hybridized carbons (Fsp3) is 0.312. The molecule has 2 aromatic rings. The molecule has 0 radical (unpaired) electrons. The molecule has 24 heavy (non-hydrogen) atoms. The highest BCUT2D eigenvalue weighted by Crippen LogP contribution is 2.25. The van der Waals surface area contributed by atoms with Crippen molar-refractivity contribution in [3.8, 4) is 0 Å². The molecule has 0 aliphatic carbocycles. The van der Waals surface area contributed by atoms with E-state index in [0.29, 0.717) is 31.6 Å². The van der Waals surface area contributed by atoms with Gasteiger partial charge in [0.2, 0.25) is 10.0 Å². The zero-order chi connectivity index (χ0) is 17.2. The Morgan fingerprint density at radius 1 is 1.08 bits per heavy atom. The van der Waals surface area contributed by atoms with Gasteiger partial charge >= 0.3 is 0 Å². The number of sulfonamides is 1. The quantitative estimate of drug-likeness (QED) is 0.903. The summed E-state index contributed by atoms with van der Waals surface area (Å²) >= 11 is 6.04. The summed E-state index contributed by atoms with van der Waals surface area (Å²) in [4.78, 5) is 17.1. The van der Waals surface area contributed by atoms with Gasteiger partial charge in [0.1, 0.15) is 4.90 Å². The third-order valence-electron chi connectivity index (χ3n) is 4.04. The summed E-state index contributed by atoms with van der Waals surface area (Å²) in [5.74, 6) is -0.0896. The lowest BCUT2D eigenvalue weighted by molar-refractivity contribution is 0.0764. The van der Waals surface area contributed by atoms with Crippen LogP contribution in [0.15, 0.2) is 47.6 Å². The number of nitrogens with one attached hydrogen (secondary N) is 1. The number of benzene rings is 1. The topological polar surface area (TPSA) is 73.5 Å². The van der Waals surface area contributed by atoms with Gasteiger partial charge in [0.05, 0.1) is 10.6 Å². The summed E-state index contributed by atoms with van der Waals surface area (Å²) in [7, 11) is -3.66. The van der Waals surface area contributed by atoms with E-state index in [-0.39, 0.29) is 22.4 Å². The maximum Gasteiger partial charge on any atom is 0.255 e. The molecule has 2 heterocycles. The van der Waals surface area contributed by atoms with Gasteiger partial charge in [-0.05, 0) is 24.6 Å². The molecule has 3 rings (SSSR count). The van der Waals surface area contributed by atoms with Crippen molar-refractivity contribution in [3.05, 3.63) is 53.3 Å². The number of carbonyl (C=O) groups is 1. The van der Waals surface area contributed by atoms with Crippen molar-refractivity contribution in [2.45, 2.75) is 11.3 Å². The van der Waals surface area contributed by atoms with Crippen LogP contribution in [0.4, 0.5) is 0 Å². The van der Waals surface area contributed by atoms with E-state index in [1.807, 2.05) is 0 Å². The lowest BCUT2D eigenvalue weighted by Gasteiger charge is -2.22. The molecule has 0 saturated carbocycles. The van der Waals surface area contributed by atoms with Gasteiger partial charge in [0, 0.05) is 38.6 Å². The average molecular weight is 368 g/mol. The summed E-state index contributed by atoms with van der Waals surface area (Å²) in [6.07, 6.45) is 3.92. The largest absolute Gasteiger partial charge is 0.367 e. The van der Waals surface area contributed by atoms with Crippen LogP contribution < -0.4 is 0 Å². The van der Waals surface area contributed by atoms with E-state index < -0.39 is 10.0 Å². The Balaban J connectivity index is 1.76. The molecular formula is C16H18ClN3O3S. The number of aromatic amines is 1. The minimum atomic E-state index is -3.66. The monoisotopic (exact) mass is 367 g/mol. The molecule has 1 aliphatic rings. The maximum absolute atomic E-state index is 12.8. The smallest absolute Gasteiger partial charge is 0.255 e. The highest BCUT2D eigenvalue weighted by molar-refractivity contribution is 7.89. The van der Waals surface area contributed by atoms with Crippen LogP contribution in [0.25, 0.3) is 0 Å². The van der Waals surface area contributed by atoms with Crippen molar-refractivity contribution in [3.63, 3.8) is 0 Å². The van der Waals surface area contributed by atoms with Crippen molar-refractivity contribution in [2.24, 2.45) is 0 Å². The van der Waals surface area contributed by atoms with Crippen LogP contribution in [0.2, 0.25) is 5.02 Å². The van der Waals surface area contributed by atoms with Crippen LogP contribution in [-0.4, -0.2) is 54.7 Å². The Bertz CT molecular complexity index is 821. The molecule has 6 nitrogen and oxygen atoms in total. The number of carbonyl (C=O) groups excluding carboxylic acids is 1. The third kappa shape index (κ3) is 3.33. The van der Waals surface area contributed by atoms with E-state index in [2.05, 4.69) is 4.98 Å². The first-order chi connectivity index (χ1) is 11.5. The Kier molecular flexibility index (Phi) is 4.93. The van der Waals surface area contributed by atoms with Gasteiger partial charge in [-0.2, -0.15) is 4.31 Å². The molecule has 128 valence electrons. The fourth-order valence-corrected chi connectivity index (χ4v) is 4.73. The minimum Gasteiger partial charge on any atom is -0.367 e. The molecule has 0 unspecified atom stereocenters. The number of nitrogens with zero attached hydrogens (tertiary/aromatic N) is 2. The van der Waals surface area contributed by atoms with Crippen LogP contribution in [-0.2, 0) is 10.0 Å². The van der Waals surface area contributed by atoms with Crippen LogP contribution in [0.3, 0.4) is 0 Å². The van der Waals surface area contributed by atoms with Crippen LogP contribution >= 0.6 is 11.6 Å². The van der Waals surface area contributed by atoms with Crippen molar-refractivity contribution in [1.29, 1.82) is 0 Å². The Morgan fingerprint density at radius 2 is 1.88 bits per heavy atom. The summed E-state index contributed by atoms with van der Waals surface area (Å²) in [5, 5.41) is 0.210. The van der Waals surface area contributed by atoms with Crippen molar-refractivity contribution < 1.29 is 13.2 Å². The van der Waals surface area contributed by atoms with E-state index in [1.54, 1.807) is 41.6 Å². The molecular weight excluding hydrogens is 350 g/mol. The number of hydrogen-bond donors (Lipinski definition) is 1. The summed E-state index contributed by atoms with van der Waals surface area (Å²) in [5.41, 5.74) is 0.581. The van der Waals surface area contributed by atoms with Crippen molar-refractivity contribution >= 4 is 27.5 Å². The molecule has 1 aromatic heterocycles. The van der Waals surface area contributed by atoms with Crippen molar-refractivity contribution in [1.82, 2.24) is 14.2 Å². The number of amides is 1. The van der Waals surface area contributed by atoms with Crippen LogP contribution in [0.1, 0.15) is 16.8 Å². The van der Waals surface area contributed by atoms with E-state index in [4.69, 9.17) is 11.6 Å². The Labute approximate surface area is 146 Å². The molecule has 0 spiro atoms. The second-order valence-electron chi connectivity index (χ2n) is 5.58. The van der Waals surface area contributed by atoms with Crippen LogP contribution in [0.5, 0.6) is 0 Å². The van der Waals surface area contributed by atoms with Gasteiger partial charge in [-0.25, -0.2) is 8.42 Å². The van der Waals surface area contributed by atoms with E-state index >= 15 is 0 Å². The van der Waals surface area contributed by atoms with Crippen LogP contribution in [0, 0.1) is 0 Å². The average Bonchev–Trinajstić information content (AvgIpc) is 2.98. The van der Waals surface area contributed by atoms with E-state index in [0.717, 1.165) is 0 Å². The number of H-pyrrole nitrogens is 1. The lowest BCUT2D eigenvalue weighted by Crippen LogP contribution is -2.37. The summed E-state index contributed by atoms with van der Waals surface area (Å²) in [6, 6.07) is 8.13. The van der Waals surface area contributed by atoms with E-state index in [1.165, 1.54) is 10.4 Å². The second-order valence-corrected chi connectivity index (χ2v) is 7.89. The highest BCUT2D eigenvalue weighted by atomic mass is 35.5. The van der Waals surface area contributed by atoms with Gasteiger partial charge in [-0.3, -0.25) is 4.79 Å². The van der Waals surface area contributed by atoms with Gasteiger partial charge in [0.25, 0.3) is 5.91 Å². The molecule has 0 bridgehead atoms. The maximum atomic E-state index is 12.8. The third-order valence-corrected chi connectivity index (χ3v) is 6.44. The number of rotatable bonds is 3. The first-order valence-electron chi connectivity index (χ1n) is 7.67. The molecule has 1 amide bonds. The summed E-state index contributed by atoms with van der Waals surface area (Å²) < 4.78 is 27.0. The minimum absolute atomic E-state index is 0.0896.